The Morgan fingerprint density at radius 3 is 1.04 bits per heavy atom. The first-order valence-corrected chi connectivity index (χ1v) is 32.0. The van der Waals surface area contributed by atoms with Crippen LogP contribution in [0.25, 0.3) is 0 Å². The van der Waals surface area contributed by atoms with Gasteiger partial charge < -0.3 is 27.9 Å². The molecule has 0 N–H and O–H groups in total. The molecule has 10 heteroatoms. The zero-order chi connectivity index (χ0) is 52.0. The minimum Gasteiger partial charge on any atom is -0.756 e. The number of likely N-dealkylation sites (N-methyl/N-ethyl adjacent to an activating group) is 1. The van der Waals surface area contributed by atoms with Gasteiger partial charge in [-0.15, -0.1) is 0 Å². The van der Waals surface area contributed by atoms with Crippen molar-refractivity contribution in [2.75, 3.05) is 47.5 Å². The SMILES string of the molecule is CCCCCCCCC/C=C\CCCCCCCCCC(=O)OCC(COP(=O)([O-])OCC[N+](C)(C)C)OC(=O)CCCCCCCCCCCCCCCCCCC/C=C\CCCCCCCCCC. The number of hydrogen-bond donors (Lipinski definition) is 0. The number of phosphoric ester groups is 1. The second kappa shape index (κ2) is 53.3. The standard InChI is InChI=1S/C61H118NO8P/c1-6-8-10-12-14-16-18-20-22-24-26-27-28-29-30-31-32-33-34-35-36-38-40-42-44-46-48-50-52-54-61(64)70-59(58-69-71(65,66)68-56-55-62(3,4)5)57-67-60(63)53-51-49-47-45-43-41-39-37-25-23-21-19-17-15-13-11-9-7-2/h23-26,59H,6-22,27-58H2,1-5H3/b25-23-,26-24-. The lowest BCUT2D eigenvalue weighted by molar-refractivity contribution is -0.870. The van der Waals surface area contributed by atoms with E-state index in [-0.39, 0.29) is 32.0 Å². The molecule has 0 saturated heterocycles. The van der Waals surface area contributed by atoms with Gasteiger partial charge in [-0.1, -0.05) is 250 Å². The van der Waals surface area contributed by atoms with Crippen molar-refractivity contribution < 1.29 is 42.1 Å². The Morgan fingerprint density at radius 1 is 0.423 bits per heavy atom. The Labute approximate surface area is 440 Å². The second-order valence-corrected chi connectivity index (χ2v) is 23.5. The Kier molecular flexibility index (Phi) is 52.2. The third kappa shape index (κ3) is 57.6. The molecule has 9 nitrogen and oxygen atoms in total. The Balaban J connectivity index is 4.06. The summed E-state index contributed by atoms with van der Waals surface area (Å²) in [6.07, 6.45) is 63.8. The fraction of sp³-hybridized carbons (Fsp3) is 0.902. The lowest BCUT2D eigenvalue weighted by atomic mass is 10.0. The molecule has 0 fully saturated rings. The molecule has 0 aromatic rings. The molecule has 0 rings (SSSR count). The highest BCUT2D eigenvalue weighted by Crippen LogP contribution is 2.38. The van der Waals surface area contributed by atoms with Gasteiger partial charge in [0.1, 0.15) is 19.8 Å². The Hall–Kier alpha value is -1.51. The van der Waals surface area contributed by atoms with E-state index in [1.54, 1.807) is 0 Å². The summed E-state index contributed by atoms with van der Waals surface area (Å²) in [6.45, 7) is 4.28. The molecule has 71 heavy (non-hydrogen) atoms. The van der Waals surface area contributed by atoms with Crippen molar-refractivity contribution in [3.63, 3.8) is 0 Å². The number of quaternary nitrogens is 1. The van der Waals surface area contributed by atoms with E-state index in [4.69, 9.17) is 18.5 Å². The van der Waals surface area contributed by atoms with Crippen molar-refractivity contribution in [3.05, 3.63) is 24.3 Å². The van der Waals surface area contributed by atoms with Crippen LogP contribution in [-0.2, 0) is 32.7 Å². The number of unbranched alkanes of at least 4 members (excludes halogenated alkanes) is 39. The fourth-order valence-corrected chi connectivity index (χ4v) is 9.67. The van der Waals surface area contributed by atoms with E-state index >= 15 is 0 Å². The molecule has 0 aromatic carbocycles. The van der Waals surface area contributed by atoms with Crippen molar-refractivity contribution in [1.82, 2.24) is 0 Å². The predicted molar refractivity (Wildman–Crippen MR) is 301 cm³/mol. The zero-order valence-electron chi connectivity index (χ0n) is 47.7. The molecule has 0 saturated carbocycles. The molecule has 0 aliphatic rings. The van der Waals surface area contributed by atoms with Crippen molar-refractivity contribution in [2.24, 2.45) is 0 Å². The van der Waals surface area contributed by atoms with Crippen LogP contribution in [0.5, 0.6) is 0 Å². The highest BCUT2D eigenvalue weighted by molar-refractivity contribution is 7.45. The summed E-state index contributed by atoms with van der Waals surface area (Å²) in [5, 5.41) is 0. The molecular formula is C61H118NO8P. The number of esters is 2. The highest BCUT2D eigenvalue weighted by atomic mass is 31.2. The maximum absolute atomic E-state index is 12.8. The van der Waals surface area contributed by atoms with E-state index in [2.05, 4.69) is 38.2 Å². The summed E-state index contributed by atoms with van der Waals surface area (Å²) in [7, 11) is 1.18. The highest BCUT2D eigenvalue weighted by Gasteiger charge is 2.22. The van der Waals surface area contributed by atoms with E-state index in [9.17, 15) is 19.0 Å². The maximum Gasteiger partial charge on any atom is 0.306 e. The first-order chi connectivity index (χ1) is 34.5. The molecular weight excluding hydrogens is 906 g/mol. The number of nitrogens with zero attached hydrogens (tertiary/aromatic N) is 1. The van der Waals surface area contributed by atoms with E-state index in [1.165, 1.54) is 231 Å². The molecule has 0 aliphatic carbocycles. The first-order valence-electron chi connectivity index (χ1n) is 30.5. The van der Waals surface area contributed by atoms with Crippen molar-refractivity contribution >= 4 is 19.8 Å². The maximum atomic E-state index is 12.8. The van der Waals surface area contributed by atoms with E-state index < -0.39 is 26.5 Å². The quantitative estimate of drug-likeness (QED) is 0.0195. The van der Waals surface area contributed by atoms with Gasteiger partial charge in [-0.25, -0.2) is 0 Å². The number of carbonyl (C=O) groups excluding carboxylic acids is 2. The normalized spacial score (nSPS) is 13.4. The summed E-state index contributed by atoms with van der Waals surface area (Å²) in [6, 6.07) is 0. The lowest BCUT2D eigenvalue weighted by Crippen LogP contribution is -2.37. The van der Waals surface area contributed by atoms with Crippen molar-refractivity contribution in [2.45, 2.75) is 309 Å². The van der Waals surface area contributed by atoms with Gasteiger partial charge in [0.05, 0.1) is 27.7 Å². The molecule has 2 unspecified atom stereocenters. The molecule has 420 valence electrons. The van der Waals surface area contributed by atoms with E-state index in [1.807, 2.05) is 21.1 Å². The summed E-state index contributed by atoms with van der Waals surface area (Å²) in [4.78, 5) is 37.9. The summed E-state index contributed by atoms with van der Waals surface area (Å²) in [5.41, 5.74) is 0. The molecule has 0 spiro atoms. The van der Waals surface area contributed by atoms with Gasteiger partial charge in [0.25, 0.3) is 7.82 Å². The van der Waals surface area contributed by atoms with Crippen LogP contribution < -0.4 is 4.89 Å². The van der Waals surface area contributed by atoms with Gasteiger partial charge in [-0.2, -0.15) is 0 Å². The van der Waals surface area contributed by atoms with E-state index in [0.29, 0.717) is 17.4 Å². The van der Waals surface area contributed by atoms with Gasteiger partial charge in [-0.3, -0.25) is 14.2 Å². The largest absolute Gasteiger partial charge is 0.756 e. The fourth-order valence-electron chi connectivity index (χ4n) is 8.94. The Bertz CT molecular complexity index is 1250. The van der Waals surface area contributed by atoms with Crippen molar-refractivity contribution in [3.8, 4) is 0 Å². The van der Waals surface area contributed by atoms with Crippen LogP contribution in [0.3, 0.4) is 0 Å². The summed E-state index contributed by atoms with van der Waals surface area (Å²) in [5.74, 6) is -0.822. The monoisotopic (exact) mass is 1020 g/mol. The molecule has 0 aliphatic heterocycles. The van der Waals surface area contributed by atoms with Crippen LogP contribution in [0.2, 0.25) is 0 Å². The van der Waals surface area contributed by atoms with Crippen LogP contribution in [0.1, 0.15) is 303 Å². The smallest absolute Gasteiger partial charge is 0.306 e. The third-order valence-corrected chi connectivity index (χ3v) is 14.7. The number of phosphoric acid groups is 1. The number of hydrogen-bond acceptors (Lipinski definition) is 8. The van der Waals surface area contributed by atoms with Gasteiger partial charge in [0, 0.05) is 12.8 Å². The third-order valence-electron chi connectivity index (χ3n) is 13.7. The van der Waals surface area contributed by atoms with Crippen LogP contribution >= 0.6 is 7.82 Å². The van der Waals surface area contributed by atoms with Crippen LogP contribution in [0.4, 0.5) is 0 Å². The van der Waals surface area contributed by atoms with Crippen LogP contribution in [0.15, 0.2) is 24.3 Å². The molecule has 0 aromatic heterocycles. The molecule has 2 atom stereocenters. The van der Waals surface area contributed by atoms with Gasteiger partial charge in [0.2, 0.25) is 0 Å². The number of rotatable bonds is 57. The van der Waals surface area contributed by atoms with Crippen molar-refractivity contribution in [1.29, 1.82) is 0 Å². The van der Waals surface area contributed by atoms with Gasteiger partial charge >= 0.3 is 11.9 Å². The predicted octanol–water partition coefficient (Wildman–Crippen LogP) is 18.4. The molecule has 0 bridgehead atoms. The minimum atomic E-state index is -4.63. The molecule has 0 radical (unpaired) electrons. The van der Waals surface area contributed by atoms with E-state index in [0.717, 1.165) is 38.5 Å². The second-order valence-electron chi connectivity index (χ2n) is 22.1. The van der Waals surface area contributed by atoms with Crippen LogP contribution in [-0.4, -0.2) is 70.0 Å². The first kappa shape index (κ1) is 69.5. The average molecular weight is 1020 g/mol. The van der Waals surface area contributed by atoms with Gasteiger partial charge in [0.15, 0.2) is 6.10 Å². The molecule has 0 amide bonds. The summed E-state index contributed by atoms with van der Waals surface area (Å²) < 4.78 is 34.2. The zero-order valence-corrected chi connectivity index (χ0v) is 48.6. The number of allylic oxidation sites excluding steroid dienone is 4. The average Bonchev–Trinajstić information content (AvgIpc) is 3.33. The topological polar surface area (TPSA) is 111 Å². The number of ether oxygens (including phenoxy) is 2. The van der Waals surface area contributed by atoms with Crippen LogP contribution in [0, 0.1) is 0 Å². The minimum absolute atomic E-state index is 0.0289. The van der Waals surface area contributed by atoms with Gasteiger partial charge in [-0.05, 0) is 64.2 Å². The lowest BCUT2D eigenvalue weighted by Gasteiger charge is -2.28. The number of carbonyl (C=O) groups is 2. The molecule has 0 heterocycles. The summed E-state index contributed by atoms with van der Waals surface area (Å²) >= 11 is 0. The Morgan fingerprint density at radius 2 is 0.718 bits per heavy atom.